The number of nitrogens with zero attached hydrogens (tertiary/aromatic N) is 1. The topological polar surface area (TPSA) is 97.6 Å². The van der Waals surface area contributed by atoms with Crippen LogP contribution in [0.3, 0.4) is 0 Å². The first-order valence-corrected chi connectivity index (χ1v) is 7.63. The molecule has 0 saturated carbocycles. The second-order valence-corrected chi connectivity index (χ2v) is 5.11. The zero-order chi connectivity index (χ0) is 17.2. The predicted octanol–water partition coefficient (Wildman–Crippen LogP) is 2.04. The lowest BCUT2D eigenvalue weighted by Crippen LogP contribution is -2.29. The van der Waals surface area contributed by atoms with Gasteiger partial charge in [-0.2, -0.15) is 5.26 Å². The van der Waals surface area contributed by atoms with Crippen LogP contribution in [0.5, 0.6) is 11.5 Å². The summed E-state index contributed by atoms with van der Waals surface area (Å²) in [5, 5.41) is 10.8. The van der Waals surface area contributed by atoms with Crippen molar-refractivity contribution in [3.63, 3.8) is 0 Å². The minimum absolute atomic E-state index is 0.197. The van der Waals surface area contributed by atoms with E-state index in [-0.39, 0.29) is 18.5 Å². The Kier molecular flexibility index (Phi) is 7.91. The minimum Gasteiger partial charge on any atom is -0.492 e. The number of carbonyl (C=O) groups excluding carboxylic acids is 2. The molecule has 1 amide bonds. The summed E-state index contributed by atoms with van der Waals surface area (Å²) in [4.78, 5) is 23.5. The van der Waals surface area contributed by atoms with Crippen LogP contribution in [0.2, 0.25) is 0 Å². The number of ether oxygens (including phenoxy) is 3. The van der Waals surface area contributed by atoms with Crippen molar-refractivity contribution >= 4 is 27.8 Å². The first-order valence-electron chi connectivity index (χ1n) is 6.84. The number of halogens is 1. The fraction of sp³-hybridized carbons (Fsp3) is 0.400. The molecule has 7 nitrogen and oxygen atoms in total. The average Bonchev–Trinajstić information content (AvgIpc) is 2.53. The molecule has 23 heavy (non-hydrogen) atoms. The number of carbonyl (C=O) groups is 2. The van der Waals surface area contributed by atoms with Crippen LogP contribution >= 0.6 is 15.9 Å². The van der Waals surface area contributed by atoms with Crippen LogP contribution in [-0.2, 0) is 9.53 Å². The largest absolute Gasteiger partial charge is 0.492 e. The third kappa shape index (κ3) is 5.79. The van der Waals surface area contributed by atoms with Crippen LogP contribution < -0.4 is 14.8 Å². The highest BCUT2D eigenvalue weighted by atomic mass is 79.9. The Bertz CT molecular complexity index is 613. The molecule has 124 valence electrons. The third-order valence-corrected chi connectivity index (χ3v) is 3.23. The number of hydrogen-bond acceptors (Lipinski definition) is 6. The molecule has 0 aliphatic carbocycles. The molecule has 0 aromatic heterocycles. The van der Waals surface area contributed by atoms with E-state index in [0.29, 0.717) is 22.6 Å². The van der Waals surface area contributed by atoms with E-state index in [1.807, 2.05) is 13.0 Å². The molecule has 1 aromatic carbocycles. The smallest absolute Gasteiger partial charge is 0.338 e. The van der Waals surface area contributed by atoms with Crippen molar-refractivity contribution in [2.45, 2.75) is 13.3 Å². The van der Waals surface area contributed by atoms with Gasteiger partial charge in [-0.1, -0.05) is 0 Å². The lowest BCUT2D eigenvalue weighted by atomic mass is 10.2. The first kappa shape index (κ1) is 18.8. The van der Waals surface area contributed by atoms with E-state index in [2.05, 4.69) is 21.2 Å². The zero-order valence-electron chi connectivity index (χ0n) is 12.8. The van der Waals surface area contributed by atoms with Gasteiger partial charge in [0.1, 0.15) is 0 Å². The molecule has 1 N–H and O–H groups in total. The van der Waals surface area contributed by atoms with Crippen LogP contribution in [0.4, 0.5) is 0 Å². The normalized spacial score (nSPS) is 9.65. The van der Waals surface area contributed by atoms with E-state index in [1.165, 1.54) is 19.2 Å². The fourth-order valence-corrected chi connectivity index (χ4v) is 2.27. The highest BCUT2D eigenvalue weighted by Crippen LogP contribution is 2.36. The van der Waals surface area contributed by atoms with Crippen molar-refractivity contribution in [3.8, 4) is 17.6 Å². The third-order valence-electron chi connectivity index (χ3n) is 2.64. The summed E-state index contributed by atoms with van der Waals surface area (Å²) in [7, 11) is 1.49. The van der Waals surface area contributed by atoms with Gasteiger partial charge in [-0.15, -0.1) is 0 Å². The Morgan fingerprint density at radius 3 is 2.74 bits per heavy atom. The van der Waals surface area contributed by atoms with Crippen LogP contribution in [0.1, 0.15) is 23.7 Å². The Morgan fingerprint density at radius 2 is 2.13 bits per heavy atom. The zero-order valence-corrected chi connectivity index (χ0v) is 14.4. The summed E-state index contributed by atoms with van der Waals surface area (Å²) in [5.74, 6) is -0.261. The highest BCUT2D eigenvalue weighted by molar-refractivity contribution is 9.10. The standard InChI is InChI=1S/C15H17BrN2O5/c1-3-22-12-8-10(7-11(16)14(12)21-2)15(20)23-9-13(19)18-6-4-5-17/h7-8H,3-4,6,9H2,1-2H3,(H,18,19). The number of esters is 1. The molecule has 8 heteroatoms. The van der Waals surface area contributed by atoms with E-state index in [4.69, 9.17) is 19.5 Å². The van der Waals surface area contributed by atoms with E-state index < -0.39 is 18.5 Å². The Morgan fingerprint density at radius 1 is 1.39 bits per heavy atom. The molecule has 0 heterocycles. The molecule has 0 saturated heterocycles. The van der Waals surface area contributed by atoms with Gasteiger partial charge in [-0.25, -0.2) is 4.79 Å². The molecular formula is C15H17BrN2O5. The molecule has 0 spiro atoms. The van der Waals surface area contributed by atoms with E-state index in [9.17, 15) is 9.59 Å². The Hall–Kier alpha value is -2.27. The second-order valence-electron chi connectivity index (χ2n) is 4.26. The summed E-state index contributed by atoms with van der Waals surface area (Å²) in [6.07, 6.45) is 0.197. The molecule has 0 bridgehead atoms. The van der Waals surface area contributed by atoms with Crippen molar-refractivity contribution in [2.24, 2.45) is 0 Å². The van der Waals surface area contributed by atoms with Crippen LogP contribution in [0.25, 0.3) is 0 Å². The molecule has 0 aliphatic rings. The van der Waals surface area contributed by atoms with Gasteiger partial charge >= 0.3 is 5.97 Å². The van der Waals surface area contributed by atoms with Crippen molar-refractivity contribution in [1.29, 1.82) is 5.26 Å². The number of methoxy groups -OCH3 is 1. The van der Waals surface area contributed by atoms with Gasteiger partial charge in [0.05, 0.1) is 36.2 Å². The molecule has 0 fully saturated rings. The quantitative estimate of drug-likeness (QED) is 0.543. The second kappa shape index (κ2) is 9.69. The number of rotatable bonds is 8. The molecule has 0 atom stereocenters. The van der Waals surface area contributed by atoms with Gasteiger partial charge in [-0.3, -0.25) is 4.79 Å². The van der Waals surface area contributed by atoms with Gasteiger partial charge in [0.2, 0.25) is 0 Å². The maximum absolute atomic E-state index is 12.0. The van der Waals surface area contributed by atoms with Gasteiger partial charge < -0.3 is 19.5 Å². The van der Waals surface area contributed by atoms with E-state index in [0.717, 1.165) is 0 Å². The molecule has 1 aromatic rings. The Balaban J connectivity index is 2.73. The van der Waals surface area contributed by atoms with Gasteiger partial charge in [0.15, 0.2) is 18.1 Å². The number of amides is 1. The molecule has 0 radical (unpaired) electrons. The number of benzene rings is 1. The lowest BCUT2D eigenvalue weighted by Gasteiger charge is -2.13. The predicted molar refractivity (Wildman–Crippen MR) is 85.4 cm³/mol. The summed E-state index contributed by atoms with van der Waals surface area (Å²) < 4.78 is 16.1. The maximum atomic E-state index is 12.0. The van der Waals surface area contributed by atoms with Gasteiger partial charge in [-0.05, 0) is 35.0 Å². The molecule has 0 aliphatic heterocycles. The maximum Gasteiger partial charge on any atom is 0.338 e. The van der Waals surface area contributed by atoms with Crippen molar-refractivity contribution in [1.82, 2.24) is 5.32 Å². The van der Waals surface area contributed by atoms with Gasteiger partial charge in [0.25, 0.3) is 5.91 Å². The van der Waals surface area contributed by atoms with Crippen LogP contribution in [0.15, 0.2) is 16.6 Å². The molecular weight excluding hydrogens is 368 g/mol. The van der Waals surface area contributed by atoms with Crippen LogP contribution in [-0.4, -0.2) is 38.7 Å². The van der Waals surface area contributed by atoms with Gasteiger partial charge in [0, 0.05) is 6.54 Å². The van der Waals surface area contributed by atoms with Crippen LogP contribution in [0, 0.1) is 11.3 Å². The summed E-state index contributed by atoms with van der Waals surface area (Å²) in [6.45, 7) is 2.01. The van der Waals surface area contributed by atoms with E-state index in [1.54, 1.807) is 0 Å². The van der Waals surface area contributed by atoms with E-state index >= 15 is 0 Å². The summed E-state index contributed by atoms with van der Waals surface area (Å²) in [6, 6.07) is 4.91. The number of hydrogen-bond donors (Lipinski definition) is 1. The number of nitriles is 1. The fourth-order valence-electron chi connectivity index (χ4n) is 1.67. The first-order chi connectivity index (χ1) is 11.0. The summed E-state index contributed by atoms with van der Waals surface area (Å²) in [5.41, 5.74) is 0.228. The molecule has 0 unspecified atom stereocenters. The Labute approximate surface area is 142 Å². The average molecular weight is 385 g/mol. The number of nitrogens with one attached hydrogen (secondary N) is 1. The van der Waals surface area contributed by atoms with Crippen molar-refractivity contribution < 1.29 is 23.8 Å². The summed E-state index contributed by atoms with van der Waals surface area (Å²) >= 11 is 3.30. The van der Waals surface area contributed by atoms with Crippen molar-refractivity contribution in [3.05, 3.63) is 22.2 Å². The lowest BCUT2D eigenvalue weighted by molar-refractivity contribution is -0.124. The molecule has 1 rings (SSSR count). The van der Waals surface area contributed by atoms with Crippen molar-refractivity contribution in [2.75, 3.05) is 26.9 Å². The highest BCUT2D eigenvalue weighted by Gasteiger charge is 2.17. The minimum atomic E-state index is -0.662. The SMILES string of the molecule is CCOc1cc(C(=O)OCC(=O)NCCC#N)cc(Br)c1OC. The monoisotopic (exact) mass is 384 g/mol.